The summed E-state index contributed by atoms with van der Waals surface area (Å²) in [7, 11) is 0. The van der Waals surface area contributed by atoms with E-state index >= 15 is 0 Å². The number of ether oxygens (including phenoxy) is 1. The molecule has 0 aliphatic heterocycles. The van der Waals surface area contributed by atoms with Gasteiger partial charge in [0.15, 0.2) is 0 Å². The third-order valence-electron chi connectivity index (χ3n) is 3.68. The van der Waals surface area contributed by atoms with Gasteiger partial charge < -0.3 is 10.1 Å². The van der Waals surface area contributed by atoms with Crippen LogP contribution in [0.1, 0.15) is 29.5 Å². The van der Waals surface area contributed by atoms with E-state index in [0.717, 1.165) is 45.6 Å². The largest absolute Gasteiger partial charge is 0.381 e. The summed E-state index contributed by atoms with van der Waals surface area (Å²) in [6.45, 7) is 3.46. The van der Waals surface area contributed by atoms with Crippen molar-refractivity contribution in [3.05, 3.63) is 71.3 Å². The molecule has 1 N–H and O–H groups in total. The Balaban J connectivity index is 1.44. The summed E-state index contributed by atoms with van der Waals surface area (Å²) >= 11 is 0. The molecule has 0 bridgehead atoms. The quantitative estimate of drug-likeness (QED) is 0.681. The van der Waals surface area contributed by atoms with Gasteiger partial charge in [-0.3, -0.25) is 0 Å². The maximum Gasteiger partial charge on any atom is 0.0991 e. The molecule has 3 heteroatoms. The van der Waals surface area contributed by atoms with Crippen molar-refractivity contribution in [1.82, 2.24) is 5.32 Å². The Morgan fingerprint density at radius 2 is 1.65 bits per heavy atom. The second-order valence-corrected chi connectivity index (χ2v) is 5.54. The highest BCUT2D eigenvalue weighted by molar-refractivity contribution is 5.31. The molecule has 3 nitrogen and oxygen atoms in total. The molecule has 0 saturated heterocycles. The number of unbranched alkanes of at least 4 members (excludes halogenated alkanes) is 1. The van der Waals surface area contributed by atoms with Gasteiger partial charge in [-0.25, -0.2) is 0 Å². The number of nitriles is 1. The minimum Gasteiger partial charge on any atom is -0.381 e. The maximum atomic E-state index is 8.75. The molecule has 0 spiro atoms. The van der Waals surface area contributed by atoms with Gasteiger partial charge in [0.1, 0.15) is 0 Å². The van der Waals surface area contributed by atoms with Crippen LogP contribution in [-0.2, 0) is 17.7 Å². The van der Waals surface area contributed by atoms with Gasteiger partial charge in [-0.15, -0.1) is 0 Å². The summed E-state index contributed by atoms with van der Waals surface area (Å²) in [5.41, 5.74) is 3.25. The monoisotopic (exact) mass is 308 g/mol. The molecule has 23 heavy (non-hydrogen) atoms. The van der Waals surface area contributed by atoms with E-state index in [9.17, 15) is 0 Å². The van der Waals surface area contributed by atoms with Crippen LogP contribution >= 0.6 is 0 Å². The number of benzene rings is 2. The number of hydrogen-bond acceptors (Lipinski definition) is 3. The van der Waals surface area contributed by atoms with Gasteiger partial charge in [-0.2, -0.15) is 5.26 Å². The Kier molecular flexibility index (Phi) is 7.90. The zero-order chi connectivity index (χ0) is 16.2. The Morgan fingerprint density at radius 3 is 2.39 bits per heavy atom. The van der Waals surface area contributed by atoms with Gasteiger partial charge >= 0.3 is 0 Å². The van der Waals surface area contributed by atoms with Crippen molar-refractivity contribution < 1.29 is 4.74 Å². The zero-order valence-corrected chi connectivity index (χ0v) is 13.5. The zero-order valence-electron chi connectivity index (χ0n) is 13.5. The van der Waals surface area contributed by atoms with Crippen molar-refractivity contribution in [1.29, 1.82) is 5.26 Å². The van der Waals surface area contributed by atoms with E-state index in [-0.39, 0.29) is 0 Å². The van der Waals surface area contributed by atoms with Gasteiger partial charge in [0, 0.05) is 13.2 Å². The number of rotatable bonds is 10. The van der Waals surface area contributed by atoms with Crippen molar-refractivity contribution in [3.63, 3.8) is 0 Å². The van der Waals surface area contributed by atoms with Crippen molar-refractivity contribution in [2.75, 3.05) is 19.8 Å². The van der Waals surface area contributed by atoms with Gasteiger partial charge in [0.25, 0.3) is 0 Å². The number of hydrogen-bond donors (Lipinski definition) is 1. The average Bonchev–Trinajstić information content (AvgIpc) is 2.61. The van der Waals surface area contributed by atoms with Gasteiger partial charge in [-0.1, -0.05) is 42.5 Å². The summed E-state index contributed by atoms with van der Waals surface area (Å²) in [6, 6.07) is 20.3. The third-order valence-corrected chi connectivity index (χ3v) is 3.68. The van der Waals surface area contributed by atoms with Gasteiger partial charge in [0.2, 0.25) is 0 Å². The molecule has 0 saturated carbocycles. The lowest BCUT2D eigenvalue weighted by molar-refractivity contribution is 0.133. The average molecular weight is 308 g/mol. The minimum atomic E-state index is 0.710. The molecule has 0 aliphatic rings. The third kappa shape index (κ3) is 7.10. The second-order valence-electron chi connectivity index (χ2n) is 5.54. The standard InChI is InChI=1S/C20H24N2O/c21-16-19-8-10-20(11-9-19)17-22-13-4-5-14-23-15-12-18-6-2-1-3-7-18/h1-3,6-11,22H,4-5,12-15,17H2. The molecule has 0 unspecified atom stereocenters. The summed E-state index contributed by atoms with van der Waals surface area (Å²) in [4.78, 5) is 0. The van der Waals surface area contributed by atoms with Crippen LogP contribution < -0.4 is 5.32 Å². The van der Waals surface area contributed by atoms with Crippen LogP contribution in [0.3, 0.4) is 0 Å². The van der Waals surface area contributed by atoms with Crippen molar-refractivity contribution in [3.8, 4) is 6.07 Å². The first-order valence-electron chi connectivity index (χ1n) is 8.20. The Morgan fingerprint density at radius 1 is 0.870 bits per heavy atom. The van der Waals surface area contributed by atoms with E-state index in [4.69, 9.17) is 10.00 Å². The predicted molar refractivity (Wildman–Crippen MR) is 93.1 cm³/mol. The highest BCUT2D eigenvalue weighted by Gasteiger charge is 1.95. The molecule has 120 valence electrons. The number of nitrogens with one attached hydrogen (secondary N) is 1. The van der Waals surface area contributed by atoms with Crippen molar-refractivity contribution in [2.24, 2.45) is 0 Å². The van der Waals surface area contributed by atoms with Crippen LogP contribution in [0.5, 0.6) is 0 Å². The fourth-order valence-corrected chi connectivity index (χ4v) is 2.32. The van der Waals surface area contributed by atoms with E-state index < -0.39 is 0 Å². The lowest BCUT2D eigenvalue weighted by Gasteiger charge is -2.06. The minimum absolute atomic E-state index is 0.710. The van der Waals surface area contributed by atoms with Crippen molar-refractivity contribution >= 4 is 0 Å². The molecule has 0 aromatic heterocycles. The van der Waals surface area contributed by atoms with E-state index in [1.165, 1.54) is 11.1 Å². The Bertz CT molecular complexity index is 587. The molecule has 0 amide bonds. The molecule has 0 heterocycles. The van der Waals surface area contributed by atoms with Crippen LogP contribution in [0.4, 0.5) is 0 Å². The summed E-state index contributed by atoms with van der Waals surface area (Å²) in [5, 5.41) is 12.2. The maximum absolute atomic E-state index is 8.75. The topological polar surface area (TPSA) is 45.0 Å². The van der Waals surface area contributed by atoms with Crippen LogP contribution in [0.2, 0.25) is 0 Å². The first-order chi connectivity index (χ1) is 11.4. The van der Waals surface area contributed by atoms with Crippen LogP contribution in [0.25, 0.3) is 0 Å². The van der Waals surface area contributed by atoms with Gasteiger partial charge in [0.05, 0.1) is 18.2 Å². The van der Waals surface area contributed by atoms with E-state index in [0.29, 0.717) is 5.56 Å². The van der Waals surface area contributed by atoms with Crippen LogP contribution in [0.15, 0.2) is 54.6 Å². The van der Waals surface area contributed by atoms with E-state index in [1.807, 2.05) is 30.3 Å². The summed E-state index contributed by atoms with van der Waals surface area (Å²) in [5.74, 6) is 0. The Hall–Kier alpha value is -2.15. The highest BCUT2D eigenvalue weighted by atomic mass is 16.5. The van der Waals surface area contributed by atoms with Crippen LogP contribution in [0, 0.1) is 11.3 Å². The Labute approximate surface area is 138 Å². The highest BCUT2D eigenvalue weighted by Crippen LogP contribution is 2.03. The fraction of sp³-hybridized carbons (Fsp3) is 0.350. The van der Waals surface area contributed by atoms with E-state index in [2.05, 4.69) is 35.7 Å². The molecule has 2 rings (SSSR count). The smallest absolute Gasteiger partial charge is 0.0991 e. The molecule has 0 aliphatic carbocycles. The second kappa shape index (κ2) is 10.6. The molecule has 2 aromatic rings. The van der Waals surface area contributed by atoms with Crippen LogP contribution in [-0.4, -0.2) is 19.8 Å². The first kappa shape index (κ1) is 17.2. The number of nitrogens with zero attached hydrogens (tertiary/aromatic N) is 1. The van der Waals surface area contributed by atoms with Crippen molar-refractivity contribution in [2.45, 2.75) is 25.8 Å². The molecule has 2 aromatic carbocycles. The molecule has 0 fully saturated rings. The molecule has 0 radical (unpaired) electrons. The van der Waals surface area contributed by atoms with Gasteiger partial charge in [-0.05, 0) is 49.1 Å². The lowest BCUT2D eigenvalue weighted by atomic mass is 10.1. The lowest BCUT2D eigenvalue weighted by Crippen LogP contribution is -2.15. The summed E-state index contributed by atoms with van der Waals surface area (Å²) in [6.07, 6.45) is 3.18. The summed E-state index contributed by atoms with van der Waals surface area (Å²) < 4.78 is 5.67. The molecular formula is C20H24N2O. The SMILES string of the molecule is N#Cc1ccc(CNCCCCOCCc2ccccc2)cc1. The van der Waals surface area contributed by atoms with E-state index in [1.54, 1.807) is 0 Å². The molecule has 0 atom stereocenters. The first-order valence-corrected chi connectivity index (χ1v) is 8.20. The fourth-order valence-electron chi connectivity index (χ4n) is 2.32. The molecular weight excluding hydrogens is 284 g/mol. The predicted octanol–water partition coefficient (Wildman–Crippen LogP) is 3.69. The normalized spacial score (nSPS) is 10.4.